The predicted octanol–water partition coefficient (Wildman–Crippen LogP) is 2.22. The summed E-state index contributed by atoms with van der Waals surface area (Å²) in [6.45, 7) is 0. The minimum absolute atomic E-state index is 0.116. The summed E-state index contributed by atoms with van der Waals surface area (Å²) < 4.78 is 24.5. The van der Waals surface area contributed by atoms with Crippen molar-refractivity contribution >= 4 is 21.9 Å². The molecule has 0 aliphatic heterocycles. The number of hydrogen-bond donors (Lipinski definition) is 0. The van der Waals surface area contributed by atoms with Crippen LogP contribution in [-0.4, -0.2) is 41.2 Å². The third-order valence-corrected chi connectivity index (χ3v) is 5.08. The van der Waals surface area contributed by atoms with Crippen LogP contribution in [0.15, 0.2) is 47.8 Å². The van der Waals surface area contributed by atoms with Crippen molar-refractivity contribution in [3.05, 3.63) is 59.3 Å². The lowest BCUT2D eigenvalue weighted by Crippen LogP contribution is -2.21. The molecule has 0 saturated carbocycles. The number of pyridine rings is 2. The van der Waals surface area contributed by atoms with Crippen LogP contribution in [0.3, 0.4) is 0 Å². The molecule has 0 radical (unpaired) electrons. The summed E-state index contributed by atoms with van der Waals surface area (Å²) in [6.07, 6.45) is 5.88. The normalized spacial score (nSPS) is 11.5. The topological polar surface area (TPSA) is 92.7 Å². The lowest BCUT2D eigenvalue weighted by Gasteiger charge is -2.10. The van der Waals surface area contributed by atoms with E-state index in [0.29, 0.717) is 38.9 Å². The van der Waals surface area contributed by atoms with Crippen LogP contribution in [0.2, 0.25) is 0 Å². The van der Waals surface area contributed by atoms with Crippen molar-refractivity contribution in [2.45, 2.75) is 0 Å². The van der Waals surface area contributed by atoms with Gasteiger partial charge in [-0.25, -0.2) is 9.18 Å². The summed E-state index contributed by atoms with van der Waals surface area (Å²) in [5.74, 6) is -0.0329. The van der Waals surface area contributed by atoms with Crippen LogP contribution >= 0.6 is 0 Å². The van der Waals surface area contributed by atoms with Crippen LogP contribution in [0.5, 0.6) is 5.75 Å². The Labute approximate surface area is 169 Å². The SMILES string of the molecule is COc1cc2ncc3c(c2cc1-c1cn(C)nn1)n(-c1ccncc1F)c(=O)n3C. The number of methoxy groups -OCH3 is 1. The molecule has 4 heterocycles. The van der Waals surface area contributed by atoms with Gasteiger partial charge < -0.3 is 4.74 Å². The highest BCUT2D eigenvalue weighted by Gasteiger charge is 2.20. The Balaban J connectivity index is 1.95. The Morgan fingerprint density at radius 2 is 2.00 bits per heavy atom. The van der Waals surface area contributed by atoms with Crippen molar-refractivity contribution in [3.63, 3.8) is 0 Å². The van der Waals surface area contributed by atoms with Crippen molar-refractivity contribution < 1.29 is 9.13 Å². The molecule has 5 rings (SSSR count). The molecule has 30 heavy (non-hydrogen) atoms. The summed E-state index contributed by atoms with van der Waals surface area (Å²) in [5.41, 5.74) is 2.72. The summed E-state index contributed by atoms with van der Waals surface area (Å²) in [5, 5.41) is 8.81. The first-order chi connectivity index (χ1) is 14.5. The number of ether oxygens (including phenoxy) is 1. The standard InChI is InChI=1S/C20H16FN7O2/c1-26-10-15(24-25-26)11-6-12-14(7-18(11)30-3)23-9-17-19(12)28(20(29)27(17)2)16-4-5-22-8-13(16)21/h4-10H,1-3H3. The molecule has 0 fully saturated rings. The number of aromatic nitrogens is 7. The zero-order valence-corrected chi connectivity index (χ0v) is 16.4. The second kappa shape index (κ2) is 6.48. The number of benzene rings is 1. The summed E-state index contributed by atoms with van der Waals surface area (Å²) >= 11 is 0. The molecule has 10 heteroatoms. The zero-order valence-electron chi connectivity index (χ0n) is 16.4. The monoisotopic (exact) mass is 405 g/mol. The Kier molecular flexibility index (Phi) is 3.88. The Hall–Kier alpha value is -4.08. The molecule has 4 aromatic heterocycles. The molecule has 0 spiro atoms. The van der Waals surface area contributed by atoms with Crippen LogP contribution < -0.4 is 10.4 Å². The Bertz CT molecular complexity index is 1500. The minimum Gasteiger partial charge on any atom is -0.496 e. The van der Waals surface area contributed by atoms with E-state index in [-0.39, 0.29) is 11.4 Å². The molecular formula is C20H16FN7O2. The highest BCUT2D eigenvalue weighted by molar-refractivity contribution is 6.05. The van der Waals surface area contributed by atoms with Gasteiger partial charge in [-0.15, -0.1) is 5.10 Å². The fraction of sp³-hybridized carbons (Fsp3) is 0.150. The van der Waals surface area contributed by atoms with Gasteiger partial charge in [0.1, 0.15) is 11.4 Å². The van der Waals surface area contributed by atoms with Crippen LogP contribution in [-0.2, 0) is 14.1 Å². The first-order valence-electron chi connectivity index (χ1n) is 9.04. The lowest BCUT2D eigenvalue weighted by atomic mass is 10.1. The smallest absolute Gasteiger partial charge is 0.333 e. The number of fused-ring (bicyclic) bond motifs is 3. The number of rotatable bonds is 3. The molecule has 0 amide bonds. The highest BCUT2D eigenvalue weighted by atomic mass is 19.1. The van der Waals surface area contributed by atoms with E-state index in [0.717, 1.165) is 6.20 Å². The molecule has 150 valence electrons. The molecule has 0 saturated heterocycles. The average molecular weight is 405 g/mol. The minimum atomic E-state index is -0.597. The zero-order chi connectivity index (χ0) is 21.0. The Morgan fingerprint density at radius 1 is 1.17 bits per heavy atom. The van der Waals surface area contributed by atoms with Crippen molar-refractivity contribution in [2.75, 3.05) is 7.11 Å². The molecule has 0 unspecified atom stereocenters. The van der Waals surface area contributed by atoms with Gasteiger partial charge in [0, 0.05) is 37.3 Å². The molecule has 0 atom stereocenters. The molecule has 0 aliphatic rings. The maximum Gasteiger partial charge on any atom is 0.333 e. The molecule has 5 aromatic rings. The van der Waals surface area contributed by atoms with E-state index in [9.17, 15) is 9.18 Å². The van der Waals surface area contributed by atoms with E-state index in [1.807, 2.05) is 6.07 Å². The summed E-state index contributed by atoms with van der Waals surface area (Å²) in [6, 6.07) is 5.07. The van der Waals surface area contributed by atoms with E-state index in [1.165, 1.54) is 21.4 Å². The molecule has 0 aliphatic carbocycles. The second-order valence-corrected chi connectivity index (χ2v) is 6.84. The van der Waals surface area contributed by atoms with E-state index in [4.69, 9.17) is 4.74 Å². The van der Waals surface area contributed by atoms with Crippen molar-refractivity contribution in [1.82, 2.24) is 34.1 Å². The highest BCUT2D eigenvalue weighted by Crippen LogP contribution is 2.35. The number of imidazole rings is 1. The maximum absolute atomic E-state index is 14.6. The molecule has 9 nitrogen and oxygen atoms in total. The fourth-order valence-corrected chi connectivity index (χ4v) is 3.64. The predicted molar refractivity (Wildman–Crippen MR) is 108 cm³/mol. The summed E-state index contributed by atoms with van der Waals surface area (Å²) in [4.78, 5) is 21.3. The van der Waals surface area contributed by atoms with Gasteiger partial charge in [-0.05, 0) is 12.1 Å². The van der Waals surface area contributed by atoms with Gasteiger partial charge in [0.25, 0.3) is 0 Å². The van der Waals surface area contributed by atoms with E-state index >= 15 is 0 Å². The lowest BCUT2D eigenvalue weighted by molar-refractivity contribution is 0.417. The quantitative estimate of drug-likeness (QED) is 0.457. The van der Waals surface area contributed by atoms with Crippen LogP contribution in [0, 0.1) is 5.82 Å². The maximum atomic E-state index is 14.6. The average Bonchev–Trinajstić information content (AvgIpc) is 3.29. The number of hydrogen-bond acceptors (Lipinski definition) is 6. The summed E-state index contributed by atoms with van der Waals surface area (Å²) in [7, 11) is 4.95. The molecule has 0 N–H and O–H groups in total. The van der Waals surface area contributed by atoms with Gasteiger partial charge in [0.2, 0.25) is 0 Å². The van der Waals surface area contributed by atoms with Crippen LogP contribution in [0.4, 0.5) is 4.39 Å². The van der Waals surface area contributed by atoms with Crippen molar-refractivity contribution in [2.24, 2.45) is 14.1 Å². The van der Waals surface area contributed by atoms with Gasteiger partial charge in [0.05, 0.1) is 47.9 Å². The third kappa shape index (κ3) is 2.50. The molecule has 0 bridgehead atoms. The van der Waals surface area contributed by atoms with Crippen molar-refractivity contribution in [3.8, 4) is 22.7 Å². The third-order valence-electron chi connectivity index (χ3n) is 5.08. The second-order valence-electron chi connectivity index (χ2n) is 6.84. The van der Waals surface area contributed by atoms with Gasteiger partial charge in [-0.2, -0.15) is 0 Å². The largest absolute Gasteiger partial charge is 0.496 e. The van der Waals surface area contributed by atoms with Crippen LogP contribution in [0.1, 0.15) is 0 Å². The first-order valence-corrected chi connectivity index (χ1v) is 9.04. The van der Waals surface area contributed by atoms with E-state index < -0.39 is 5.82 Å². The van der Waals surface area contributed by atoms with E-state index in [1.54, 1.807) is 44.3 Å². The van der Waals surface area contributed by atoms with Crippen molar-refractivity contribution in [1.29, 1.82) is 0 Å². The van der Waals surface area contributed by atoms with E-state index in [2.05, 4.69) is 20.3 Å². The fourth-order valence-electron chi connectivity index (χ4n) is 3.64. The van der Waals surface area contributed by atoms with Gasteiger partial charge in [0.15, 0.2) is 5.82 Å². The Morgan fingerprint density at radius 3 is 2.70 bits per heavy atom. The van der Waals surface area contributed by atoms with Gasteiger partial charge >= 0.3 is 5.69 Å². The molecular weight excluding hydrogens is 389 g/mol. The van der Waals surface area contributed by atoms with Crippen LogP contribution in [0.25, 0.3) is 38.9 Å². The first kappa shape index (κ1) is 18.0. The number of nitrogens with zero attached hydrogens (tertiary/aromatic N) is 7. The number of aryl methyl sites for hydroxylation is 2. The van der Waals surface area contributed by atoms with Gasteiger partial charge in [-0.1, -0.05) is 5.21 Å². The molecule has 1 aromatic carbocycles. The number of halogens is 1. The van der Waals surface area contributed by atoms with Gasteiger partial charge in [-0.3, -0.25) is 23.8 Å².